The zero-order valence-corrected chi connectivity index (χ0v) is 7.84. The predicted octanol–water partition coefficient (Wildman–Crippen LogP) is 3.44. The van der Waals surface area contributed by atoms with Crippen LogP contribution >= 0.6 is 0 Å². The Morgan fingerprint density at radius 3 is 2.77 bits per heavy atom. The van der Waals surface area contributed by atoms with Crippen molar-refractivity contribution in [2.75, 3.05) is 0 Å². The molecule has 0 aliphatic rings. The third-order valence-corrected chi connectivity index (χ3v) is 1.87. The molecular weight excluding hydrogens is 167 g/mol. The van der Waals surface area contributed by atoms with Crippen molar-refractivity contribution in [3.05, 3.63) is 41.2 Å². The summed E-state index contributed by atoms with van der Waals surface area (Å²) in [4.78, 5) is 0. The number of rotatable bonds is 2. The van der Waals surface area contributed by atoms with E-state index in [9.17, 15) is 9.50 Å². The topological polar surface area (TPSA) is 20.2 Å². The normalized spacial score (nSPS) is 11.8. The second-order valence-corrected chi connectivity index (χ2v) is 2.96. The van der Waals surface area contributed by atoms with E-state index in [1.807, 2.05) is 6.92 Å². The molecule has 1 nitrogen and oxygen atoms in total. The van der Waals surface area contributed by atoms with Gasteiger partial charge >= 0.3 is 0 Å². The number of hydrogen-bond acceptors (Lipinski definition) is 1. The first-order valence-corrected chi connectivity index (χ1v) is 4.30. The van der Waals surface area contributed by atoms with Crippen molar-refractivity contribution in [3.63, 3.8) is 0 Å². The van der Waals surface area contributed by atoms with Gasteiger partial charge in [-0.1, -0.05) is 19.1 Å². The van der Waals surface area contributed by atoms with Crippen LogP contribution in [-0.2, 0) is 0 Å². The van der Waals surface area contributed by atoms with Gasteiger partial charge in [-0.25, -0.2) is 4.39 Å². The number of aliphatic hydroxyl groups excluding tert-OH is 1. The van der Waals surface area contributed by atoms with E-state index in [0.717, 1.165) is 6.42 Å². The van der Waals surface area contributed by atoms with E-state index in [-0.39, 0.29) is 11.6 Å². The minimum Gasteiger partial charge on any atom is -0.508 e. The van der Waals surface area contributed by atoms with Crippen LogP contribution in [0.3, 0.4) is 0 Å². The average Bonchev–Trinajstić information content (AvgIpc) is 2.10. The largest absolute Gasteiger partial charge is 0.508 e. The lowest BCUT2D eigenvalue weighted by Gasteiger charge is -2.01. The fraction of sp³-hybridized carbons (Fsp3) is 0.273. The van der Waals surface area contributed by atoms with Crippen molar-refractivity contribution < 1.29 is 9.50 Å². The first-order chi connectivity index (χ1) is 6.15. The molecular formula is C11H13FO. The Balaban J connectivity index is 3.04. The SMILES string of the molecule is CC/C=C(\O)c1ccc(C)c(F)c1. The summed E-state index contributed by atoms with van der Waals surface area (Å²) < 4.78 is 13.0. The van der Waals surface area contributed by atoms with E-state index in [0.29, 0.717) is 11.1 Å². The maximum absolute atomic E-state index is 13.0. The van der Waals surface area contributed by atoms with Crippen LogP contribution in [0.15, 0.2) is 24.3 Å². The summed E-state index contributed by atoms with van der Waals surface area (Å²) in [5.74, 6) is -0.144. The number of aliphatic hydroxyl groups is 1. The maximum atomic E-state index is 13.0. The smallest absolute Gasteiger partial charge is 0.126 e. The van der Waals surface area contributed by atoms with Gasteiger partial charge in [0.2, 0.25) is 0 Å². The van der Waals surface area contributed by atoms with E-state index in [1.54, 1.807) is 25.1 Å². The average molecular weight is 180 g/mol. The summed E-state index contributed by atoms with van der Waals surface area (Å²) in [6.45, 7) is 3.61. The fourth-order valence-electron chi connectivity index (χ4n) is 1.06. The van der Waals surface area contributed by atoms with E-state index in [1.165, 1.54) is 6.07 Å². The molecule has 0 heterocycles. The molecule has 0 saturated carbocycles. The molecule has 1 N–H and O–H groups in total. The summed E-state index contributed by atoms with van der Waals surface area (Å²) in [5, 5.41) is 9.43. The van der Waals surface area contributed by atoms with Crippen LogP contribution < -0.4 is 0 Å². The van der Waals surface area contributed by atoms with Crippen LogP contribution in [0.2, 0.25) is 0 Å². The molecule has 0 unspecified atom stereocenters. The van der Waals surface area contributed by atoms with Crippen molar-refractivity contribution in [1.82, 2.24) is 0 Å². The summed E-state index contributed by atoms with van der Waals surface area (Å²) in [6.07, 6.45) is 2.39. The summed E-state index contributed by atoms with van der Waals surface area (Å²) in [5.41, 5.74) is 1.12. The minimum absolute atomic E-state index is 0.140. The molecule has 1 aromatic carbocycles. The first-order valence-electron chi connectivity index (χ1n) is 4.30. The van der Waals surface area contributed by atoms with Crippen molar-refractivity contribution >= 4 is 5.76 Å². The molecule has 0 bridgehead atoms. The Kier molecular flexibility index (Phi) is 3.07. The van der Waals surface area contributed by atoms with Gasteiger partial charge in [0.15, 0.2) is 0 Å². The number of allylic oxidation sites excluding steroid dienone is 1. The Morgan fingerprint density at radius 2 is 2.23 bits per heavy atom. The molecule has 0 radical (unpaired) electrons. The molecule has 0 spiro atoms. The highest BCUT2D eigenvalue weighted by Gasteiger charge is 2.01. The summed E-state index contributed by atoms with van der Waals surface area (Å²) in [7, 11) is 0. The van der Waals surface area contributed by atoms with Gasteiger partial charge < -0.3 is 5.11 Å². The van der Waals surface area contributed by atoms with Crippen molar-refractivity contribution in [1.29, 1.82) is 0 Å². The predicted molar refractivity (Wildman–Crippen MR) is 52.0 cm³/mol. The highest BCUT2D eigenvalue weighted by atomic mass is 19.1. The van der Waals surface area contributed by atoms with Crippen LogP contribution in [0, 0.1) is 12.7 Å². The fourth-order valence-corrected chi connectivity index (χ4v) is 1.06. The monoisotopic (exact) mass is 180 g/mol. The highest BCUT2D eigenvalue weighted by Crippen LogP contribution is 2.15. The van der Waals surface area contributed by atoms with Crippen LogP contribution in [0.4, 0.5) is 4.39 Å². The second-order valence-electron chi connectivity index (χ2n) is 2.96. The Bertz CT molecular complexity index is 329. The van der Waals surface area contributed by atoms with Crippen LogP contribution in [0.25, 0.3) is 5.76 Å². The lowest BCUT2D eigenvalue weighted by molar-refractivity contribution is 0.508. The van der Waals surface area contributed by atoms with Gasteiger partial charge in [-0.05, 0) is 31.1 Å². The quantitative estimate of drug-likeness (QED) is 0.691. The third kappa shape index (κ3) is 2.31. The molecule has 0 aliphatic heterocycles. The minimum atomic E-state index is -0.284. The van der Waals surface area contributed by atoms with Gasteiger partial charge in [0.1, 0.15) is 11.6 Å². The second kappa shape index (κ2) is 4.08. The number of benzene rings is 1. The van der Waals surface area contributed by atoms with Crippen LogP contribution in [0.5, 0.6) is 0 Å². The molecule has 2 heteroatoms. The standard InChI is InChI=1S/C11H13FO/c1-3-4-11(13)9-6-5-8(2)10(12)7-9/h4-7,13H,3H2,1-2H3/b11-4-. The van der Waals surface area contributed by atoms with E-state index >= 15 is 0 Å². The third-order valence-electron chi connectivity index (χ3n) is 1.87. The molecule has 0 atom stereocenters. The number of aryl methyl sites for hydroxylation is 1. The molecule has 0 fully saturated rings. The summed E-state index contributed by atoms with van der Waals surface area (Å²) in [6, 6.07) is 4.71. The molecule has 1 aromatic rings. The van der Waals surface area contributed by atoms with Crippen LogP contribution in [-0.4, -0.2) is 5.11 Å². The molecule has 70 valence electrons. The first kappa shape index (κ1) is 9.78. The molecule has 0 aliphatic carbocycles. The van der Waals surface area contributed by atoms with E-state index in [2.05, 4.69) is 0 Å². The molecule has 1 rings (SSSR count). The Labute approximate surface area is 77.5 Å². The van der Waals surface area contributed by atoms with Crippen LogP contribution in [0.1, 0.15) is 24.5 Å². The maximum Gasteiger partial charge on any atom is 0.126 e. The van der Waals surface area contributed by atoms with E-state index < -0.39 is 0 Å². The van der Waals surface area contributed by atoms with E-state index in [4.69, 9.17) is 0 Å². The van der Waals surface area contributed by atoms with Gasteiger partial charge in [0.25, 0.3) is 0 Å². The van der Waals surface area contributed by atoms with Crippen molar-refractivity contribution in [3.8, 4) is 0 Å². The van der Waals surface area contributed by atoms with Crippen molar-refractivity contribution in [2.45, 2.75) is 20.3 Å². The zero-order chi connectivity index (χ0) is 9.84. The molecule has 13 heavy (non-hydrogen) atoms. The highest BCUT2D eigenvalue weighted by molar-refractivity contribution is 5.58. The van der Waals surface area contributed by atoms with Gasteiger partial charge in [-0.2, -0.15) is 0 Å². The summed E-state index contributed by atoms with van der Waals surface area (Å²) >= 11 is 0. The Morgan fingerprint density at radius 1 is 1.54 bits per heavy atom. The van der Waals surface area contributed by atoms with Gasteiger partial charge in [-0.15, -0.1) is 0 Å². The molecule has 0 aromatic heterocycles. The lowest BCUT2D eigenvalue weighted by Crippen LogP contribution is -1.87. The van der Waals surface area contributed by atoms with Gasteiger partial charge in [-0.3, -0.25) is 0 Å². The van der Waals surface area contributed by atoms with Gasteiger partial charge in [0, 0.05) is 5.56 Å². The molecule has 0 amide bonds. The van der Waals surface area contributed by atoms with Crippen molar-refractivity contribution in [2.24, 2.45) is 0 Å². The number of halogens is 1. The van der Waals surface area contributed by atoms with Gasteiger partial charge in [0.05, 0.1) is 0 Å². The zero-order valence-electron chi connectivity index (χ0n) is 7.84. The molecule has 0 saturated heterocycles. The lowest BCUT2D eigenvalue weighted by atomic mass is 10.1. The Hall–Kier alpha value is -1.31. The number of hydrogen-bond donors (Lipinski definition) is 1.